The SMILES string of the molecule is CCc1cccc2c(NS(=O)(=O)c3cn(C)cn3)nn(C)c12. The first-order valence-corrected chi connectivity index (χ1v) is 8.36. The summed E-state index contributed by atoms with van der Waals surface area (Å²) in [5.41, 5.74) is 2.06. The molecule has 1 aromatic carbocycles. The highest BCUT2D eigenvalue weighted by atomic mass is 32.2. The maximum Gasteiger partial charge on any atom is 0.282 e. The van der Waals surface area contributed by atoms with Crippen LogP contribution in [0.25, 0.3) is 10.9 Å². The highest BCUT2D eigenvalue weighted by Crippen LogP contribution is 2.27. The Bertz CT molecular complexity index is 939. The quantitative estimate of drug-likeness (QED) is 0.793. The van der Waals surface area contributed by atoms with Gasteiger partial charge >= 0.3 is 0 Å². The highest BCUT2D eigenvalue weighted by molar-refractivity contribution is 7.92. The van der Waals surface area contributed by atoms with E-state index in [2.05, 4.69) is 21.7 Å². The second kappa shape index (κ2) is 5.13. The van der Waals surface area contributed by atoms with Crippen molar-refractivity contribution in [2.45, 2.75) is 18.4 Å². The number of imidazole rings is 1. The minimum Gasteiger partial charge on any atom is -0.339 e. The molecule has 3 rings (SSSR count). The lowest BCUT2D eigenvalue weighted by molar-refractivity contribution is 0.597. The third kappa shape index (κ3) is 2.35. The third-order valence-electron chi connectivity index (χ3n) is 3.52. The summed E-state index contributed by atoms with van der Waals surface area (Å²) in [6, 6.07) is 5.78. The summed E-state index contributed by atoms with van der Waals surface area (Å²) in [4.78, 5) is 3.88. The Morgan fingerprint density at radius 2 is 2.05 bits per heavy atom. The zero-order valence-corrected chi connectivity index (χ0v) is 13.4. The zero-order valence-electron chi connectivity index (χ0n) is 12.6. The first kappa shape index (κ1) is 14.6. The van der Waals surface area contributed by atoms with Crippen molar-refractivity contribution in [2.75, 3.05) is 4.72 Å². The van der Waals surface area contributed by atoms with Crippen LogP contribution in [0.2, 0.25) is 0 Å². The van der Waals surface area contributed by atoms with E-state index in [1.165, 1.54) is 12.5 Å². The van der Waals surface area contributed by atoms with Crippen LogP contribution in [0.3, 0.4) is 0 Å². The Morgan fingerprint density at radius 1 is 1.27 bits per heavy atom. The Kier molecular flexibility index (Phi) is 3.40. The van der Waals surface area contributed by atoms with E-state index < -0.39 is 10.0 Å². The van der Waals surface area contributed by atoms with Crippen molar-refractivity contribution >= 4 is 26.7 Å². The van der Waals surface area contributed by atoms with Gasteiger partial charge in [-0.3, -0.25) is 9.40 Å². The fourth-order valence-electron chi connectivity index (χ4n) is 2.49. The second-order valence-electron chi connectivity index (χ2n) is 5.12. The molecule has 0 saturated carbocycles. The fourth-order valence-corrected chi connectivity index (χ4v) is 3.49. The standard InChI is InChI=1S/C14H17N5O2S/c1-4-10-6-5-7-11-13(10)19(3)16-14(11)17-22(20,21)12-8-18(2)9-15-12/h5-9H,4H2,1-3H3,(H,16,17). The Hall–Kier alpha value is -2.35. The number of nitrogens with one attached hydrogen (secondary N) is 1. The molecule has 2 heterocycles. The topological polar surface area (TPSA) is 81.8 Å². The molecule has 22 heavy (non-hydrogen) atoms. The van der Waals surface area contributed by atoms with Crippen molar-refractivity contribution in [3.05, 3.63) is 36.3 Å². The van der Waals surface area contributed by atoms with Gasteiger partial charge in [-0.05, 0) is 18.1 Å². The molecule has 0 radical (unpaired) electrons. The van der Waals surface area contributed by atoms with Crippen LogP contribution in [0.4, 0.5) is 5.82 Å². The smallest absolute Gasteiger partial charge is 0.282 e. The summed E-state index contributed by atoms with van der Waals surface area (Å²) in [6.45, 7) is 2.06. The number of fused-ring (bicyclic) bond motifs is 1. The molecule has 0 aliphatic heterocycles. The van der Waals surface area contributed by atoms with Gasteiger partial charge in [0.05, 0.1) is 11.8 Å². The van der Waals surface area contributed by atoms with Crippen LogP contribution in [-0.4, -0.2) is 27.7 Å². The summed E-state index contributed by atoms with van der Waals surface area (Å²) in [6.07, 6.45) is 3.74. The third-order valence-corrected chi connectivity index (χ3v) is 4.74. The van der Waals surface area contributed by atoms with E-state index in [9.17, 15) is 8.42 Å². The number of hydrogen-bond acceptors (Lipinski definition) is 4. The van der Waals surface area contributed by atoms with E-state index in [0.717, 1.165) is 22.9 Å². The minimum atomic E-state index is -3.75. The molecule has 0 atom stereocenters. The maximum atomic E-state index is 12.4. The largest absolute Gasteiger partial charge is 0.339 e. The van der Waals surface area contributed by atoms with Gasteiger partial charge in [0.15, 0.2) is 10.8 Å². The lowest BCUT2D eigenvalue weighted by Crippen LogP contribution is -2.14. The van der Waals surface area contributed by atoms with Gasteiger partial charge in [-0.1, -0.05) is 19.1 Å². The number of benzene rings is 1. The molecule has 7 nitrogen and oxygen atoms in total. The van der Waals surface area contributed by atoms with Crippen LogP contribution >= 0.6 is 0 Å². The van der Waals surface area contributed by atoms with Crippen molar-refractivity contribution in [1.29, 1.82) is 0 Å². The van der Waals surface area contributed by atoms with Crippen LogP contribution in [0.15, 0.2) is 35.7 Å². The predicted molar refractivity (Wildman–Crippen MR) is 84.1 cm³/mol. The minimum absolute atomic E-state index is 0.0274. The van der Waals surface area contributed by atoms with Crippen molar-refractivity contribution in [3.63, 3.8) is 0 Å². The summed E-state index contributed by atoms with van der Waals surface area (Å²) in [7, 11) is -0.224. The summed E-state index contributed by atoms with van der Waals surface area (Å²) < 4.78 is 30.6. The first-order valence-electron chi connectivity index (χ1n) is 6.87. The van der Waals surface area contributed by atoms with Crippen LogP contribution in [-0.2, 0) is 30.5 Å². The number of para-hydroxylation sites is 1. The van der Waals surface area contributed by atoms with E-state index in [0.29, 0.717) is 5.82 Å². The molecule has 0 spiro atoms. The van der Waals surface area contributed by atoms with Gasteiger partial charge in [-0.2, -0.15) is 13.5 Å². The molecule has 0 saturated heterocycles. The molecule has 0 unspecified atom stereocenters. The molecule has 0 bridgehead atoms. The van der Waals surface area contributed by atoms with Gasteiger partial charge in [-0.25, -0.2) is 4.98 Å². The van der Waals surface area contributed by atoms with Gasteiger partial charge in [-0.15, -0.1) is 0 Å². The van der Waals surface area contributed by atoms with Crippen molar-refractivity contribution in [2.24, 2.45) is 14.1 Å². The van der Waals surface area contributed by atoms with Crippen LogP contribution in [0.1, 0.15) is 12.5 Å². The van der Waals surface area contributed by atoms with Crippen LogP contribution < -0.4 is 4.72 Å². The van der Waals surface area contributed by atoms with Crippen LogP contribution in [0, 0.1) is 0 Å². The number of aromatic nitrogens is 4. The molecule has 3 aromatic rings. The average molecular weight is 319 g/mol. The van der Waals surface area contributed by atoms with Crippen molar-refractivity contribution in [3.8, 4) is 0 Å². The number of aryl methyl sites for hydroxylation is 3. The Morgan fingerprint density at radius 3 is 2.68 bits per heavy atom. The number of sulfonamides is 1. The molecule has 0 amide bonds. The number of rotatable bonds is 4. The monoisotopic (exact) mass is 319 g/mol. The Labute approximate surface area is 128 Å². The Balaban J connectivity index is 2.08. The highest BCUT2D eigenvalue weighted by Gasteiger charge is 2.21. The zero-order chi connectivity index (χ0) is 15.9. The maximum absolute atomic E-state index is 12.4. The van der Waals surface area contributed by atoms with Gasteiger partial charge in [0, 0.05) is 25.7 Å². The average Bonchev–Trinajstić information content (AvgIpc) is 3.04. The molecular formula is C14H17N5O2S. The summed E-state index contributed by atoms with van der Waals surface area (Å²) in [5.74, 6) is 0.318. The number of anilines is 1. The summed E-state index contributed by atoms with van der Waals surface area (Å²) >= 11 is 0. The van der Waals surface area contributed by atoms with E-state index >= 15 is 0 Å². The lowest BCUT2D eigenvalue weighted by Gasteiger charge is -2.03. The summed E-state index contributed by atoms with van der Waals surface area (Å²) in [5, 5.41) is 5.06. The van der Waals surface area contributed by atoms with E-state index in [1.807, 2.05) is 18.2 Å². The molecule has 0 fully saturated rings. The van der Waals surface area contributed by atoms with Crippen LogP contribution in [0.5, 0.6) is 0 Å². The van der Waals surface area contributed by atoms with Gasteiger partial charge < -0.3 is 4.57 Å². The fraction of sp³-hybridized carbons (Fsp3) is 0.286. The van der Waals surface area contributed by atoms with E-state index in [1.54, 1.807) is 23.3 Å². The molecule has 0 aliphatic carbocycles. The number of hydrogen-bond donors (Lipinski definition) is 1. The number of nitrogens with zero attached hydrogens (tertiary/aromatic N) is 4. The predicted octanol–water partition coefficient (Wildman–Crippen LogP) is 1.67. The molecular weight excluding hydrogens is 302 g/mol. The van der Waals surface area contributed by atoms with Gasteiger partial charge in [0.25, 0.3) is 10.0 Å². The first-order chi connectivity index (χ1) is 10.4. The molecule has 2 aromatic heterocycles. The second-order valence-corrected chi connectivity index (χ2v) is 6.75. The van der Waals surface area contributed by atoms with Crippen molar-refractivity contribution < 1.29 is 8.42 Å². The van der Waals surface area contributed by atoms with Gasteiger partial charge in [0.1, 0.15) is 0 Å². The molecule has 1 N–H and O–H groups in total. The molecule has 116 valence electrons. The normalized spacial score (nSPS) is 12.0. The molecule has 8 heteroatoms. The molecule has 0 aliphatic rings. The van der Waals surface area contributed by atoms with E-state index in [4.69, 9.17) is 0 Å². The van der Waals surface area contributed by atoms with Gasteiger partial charge in [0.2, 0.25) is 0 Å². The van der Waals surface area contributed by atoms with Crippen molar-refractivity contribution in [1.82, 2.24) is 19.3 Å². The van der Waals surface area contributed by atoms with E-state index in [-0.39, 0.29) is 5.03 Å². The lowest BCUT2D eigenvalue weighted by atomic mass is 10.1.